The van der Waals surface area contributed by atoms with Crippen LogP contribution < -0.4 is 0 Å². The Labute approximate surface area is 193 Å². The number of likely N-dealkylation sites (tertiary alicyclic amines) is 1. The first kappa shape index (κ1) is 24.3. The number of aromatic nitrogens is 1. The number of furan rings is 1. The average Bonchev–Trinajstić information content (AvgIpc) is 3.37. The van der Waals surface area contributed by atoms with Gasteiger partial charge in [-0.3, -0.25) is 9.59 Å². The molecule has 9 heteroatoms. The zero-order valence-electron chi connectivity index (χ0n) is 19.9. The number of Topliss-reactive ketones (excluding diaryl/α,β-unsaturated/α-hetero) is 1. The van der Waals surface area contributed by atoms with E-state index >= 15 is 0 Å². The van der Waals surface area contributed by atoms with E-state index in [-0.39, 0.29) is 23.6 Å². The number of aromatic amines is 1. The lowest BCUT2D eigenvalue weighted by Gasteiger charge is -2.24. The third kappa shape index (κ3) is 4.59. The maximum atomic E-state index is 13.1. The molecule has 0 aliphatic carbocycles. The van der Waals surface area contributed by atoms with E-state index in [9.17, 15) is 19.5 Å². The molecule has 0 saturated carbocycles. The Morgan fingerprint density at radius 3 is 2.52 bits per heavy atom. The summed E-state index contributed by atoms with van der Waals surface area (Å²) in [4.78, 5) is 44.8. The smallest absolute Gasteiger partial charge is 0.355 e. The number of esters is 1. The molecule has 33 heavy (non-hydrogen) atoms. The van der Waals surface area contributed by atoms with Gasteiger partial charge in [0.25, 0.3) is 11.7 Å². The van der Waals surface area contributed by atoms with Gasteiger partial charge >= 0.3 is 5.97 Å². The Bertz CT molecular complexity index is 1110. The summed E-state index contributed by atoms with van der Waals surface area (Å²) < 4.78 is 10.9. The van der Waals surface area contributed by atoms with Crippen molar-refractivity contribution < 1.29 is 28.6 Å². The van der Waals surface area contributed by atoms with Gasteiger partial charge in [0.2, 0.25) is 0 Å². The van der Waals surface area contributed by atoms with Gasteiger partial charge < -0.3 is 29.0 Å². The number of hydrogen-bond acceptors (Lipinski definition) is 7. The molecule has 1 atom stereocenters. The molecule has 1 aliphatic rings. The SMILES string of the molecule is CCOC(=O)c1[nH]c(C)c(/C(O)=C2\C(=O)C(=O)N(CCCN(C)C)C2c2ccc(C)o2)c1C. The van der Waals surface area contributed by atoms with Crippen LogP contribution in [-0.4, -0.2) is 71.3 Å². The number of H-pyrrole nitrogens is 1. The first-order chi connectivity index (χ1) is 15.6. The summed E-state index contributed by atoms with van der Waals surface area (Å²) >= 11 is 0. The van der Waals surface area contributed by atoms with Crippen LogP contribution in [0.2, 0.25) is 0 Å². The van der Waals surface area contributed by atoms with Crippen molar-refractivity contribution in [3.63, 3.8) is 0 Å². The number of carbonyl (C=O) groups excluding carboxylic acids is 3. The molecule has 0 bridgehead atoms. The van der Waals surface area contributed by atoms with Crippen molar-refractivity contribution in [3.05, 3.63) is 51.7 Å². The molecule has 1 fully saturated rings. The number of nitrogens with zero attached hydrogens (tertiary/aromatic N) is 2. The number of aliphatic hydroxyl groups excluding tert-OH is 1. The number of aliphatic hydroxyl groups is 1. The molecule has 178 valence electrons. The molecule has 3 rings (SSSR count). The minimum Gasteiger partial charge on any atom is -0.507 e. The number of rotatable bonds is 8. The van der Waals surface area contributed by atoms with Crippen LogP contribution in [0.5, 0.6) is 0 Å². The molecule has 1 unspecified atom stereocenters. The minimum absolute atomic E-state index is 0.0557. The van der Waals surface area contributed by atoms with Crippen LogP contribution in [0, 0.1) is 20.8 Å². The molecule has 2 aromatic heterocycles. The predicted octanol–water partition coefficient (Wildman–Crippen LogP) is 3.08. The summed E-state index contributed by atoms with van der Waals surface area (Å²) in [7, 11) is 3.86. The average molecular weight is 458 g/mol. The van der Waals surface area contributed by atoms with Gasteiger partial charge in [0.05, 0.1) is 12.2 Å². The summed E-state index contributed by atoms with van der Waals surface area (Å²) in [6.45, 7) is 8.07. The lowest BCUT2D eigenvalue weighted by atomic mass is 9.97. The third-order valence-electron chi connectivity index (χ3n) is 5.73. The zero-order valence-corrected chi connectivity index (χ0v) is 19.9. The number of nitrogens with one attached hydrogen (secondary N) is 1. The number of aryl methyl sites for hydroxylation is 2. The second-order valence-corrected chi connectivity index (χ2v) is 8.44. The van der Waals surface area contributed by atoms with E-state index in [1.54, 1.807) is 39.8 Å². The lowest BCUT2D eigenvalue weighted by Crippen LogP contribution is -2.32. The first-order valence-corrected chi connectivity index (χ1v) is 10.9. The summed E-state index contributed by atoms with van der Waals surface area (Å²) in [6, 6.07) is 2.60. The Morgan fingerprint density at radius 1 is 1.24 bits per heavy atom. The molecular formula is C24H31N3O6. The van der Waals surface area contributed by atoms with Gasteiger partial charge in [-0.05, 0) is 72.5 Å². The molecule has 0 radical (unpaired) electrons. The van der Waals surface area contributed by atoms with E-state index in [4.69, 9.17) is 9.15 Å². The molecule has 9 nitrogen and oxygen atoms in total. The van der Waals surface area contributed by atoms with Crippen LogP contribution in [-0.2, 0) is 14.3 Å². The predicted molar refractivity (Wildman–Crippen MR) is 122 cm³/mol. The van der Waals surface area contributed by atoms with Gasteiger partial charge in [0.15, 0.2) is 0 Å². The molecule has 3 heterocycles. The van der Waals surface area contributed by atoms with Gasteiger partial charge in [-0.25, -0.2) is 4.79 Å². The maximum absolute atomic E-state index is 13.1. The van der Waals surface area contributed by atoms with Crippen LogP contribution in [0.15, 0.2) is 22.1 Å². The highest BCUT2D eigenvalue weighted by atomic mass is 16.5. The van der Waals surface area contributed by atoms with Gasteiger partial charge in [-0.2, -0.15) is 0 Å². The van der Waals surface area contributed by atoms with Crippen LogP contribution >= 0.6 is 0 Å². The first-order valence-electron chi connectivity index (χ1n) is 10.9. The number of amides is 1. The maximum Gasteiger partial charge on any atom is 0.355 e. The minimum atomic E-state index is -0.861. The summed E-state index contributed by atoms with van der Waals surface area (Å²) in [5.41, 5.74) is 1.37. The monoisotopic (exact) mass is 457 g/mol. The molecule has 2 N–H and O–H groups in total. The number of ketones is 1. The van der Waals surface area contributed by atoms with Crippen LogP contribution in [0.3, 0.4) is 0 Å². The highest BCUT2D eigenvalue weighted by Crippen LogP contribution is 2.41. The van der Waals surface area contributed by atoms with Crippen molar-refractivity contribution in [1.29, 1.82) is 0 Å². The Kier molecular flexibility index (Phi) is 7.12. The van der Waals surface area contributed by atoms with Gasteiger partial charge in [0, 0.05) is 17.8 Å². The fourth-order valence-electron chi connectivity index (χ4n) is 4.21. The molecule has 2 aromatic rings. The third-order valence-corrected chi connectivity index (χ3v) is 5.73. The van der Waals surface area contributed by atoms with E-state index in [2.05, 4.69) is 4.98 Å². The highest BCUT2D eigenvalue weighted by molar-refractivity contribution is 6.46. The van der Waals surface area contributed by atoms with Crippen LogP contribution in [0.25, 0.3) is 5.76 Å². The number of carbonyl (C=O) groups is 3. The Hall–Kier alpha value is -3.33. The molecule has 1 saturated heterocycles. The van der Waals surface area contributed by atoms with E-state index in [0.717, 1.165) is 6.54 Å². The van der Waals surface area contributed by atoms with Crippen molar-refractivity contribution in [2.45, 2.75) is 40.2 Å². The van der Waals surface area contributed by atoms with Crippen molar-refractivity contribution >= 4 is 23.4 Å². The van der Waals surface area contributed by atoms with Crippen molar-refractivity contribution in [1.82, 2.24) is 14.8 Å². The lowest BCUT2D eigenvalue weighted by molar-refractivity contribution is -0.140. The van der Waals surface area contributed by atoms with Gasteiger partial charge in [-0.15, -0.1) is 0 Å². The Morgan fingerprint density at radius 2 is 1.94 bits per heavy atom. The Balaban J connectivity index is 2.13. The number of ether oxygens (including phenoxy) is 1. The molecule has 0 aromatic carbocycles. The van der Waals surface area contributed by atoms with E-state index in [0.29, 0.717) is 41.3 Å². The second kappa shape index (κ2) is 9.66. The van der Waals surface area contributed by atoms with Crippen molar-refractivity contribution in [3.8, 4) is 0 Å². The summed E-state index contributed by atoms with van der Waals surface area (Å²) in [5.74, 6) is -1.35. The van der Waals surface area contributed by atoms with Crippen LogP contribution in [0.4, 0.5) is 0 Å². The quantitative estimate of drug-likeness (QED) is 0.271. The molecule has 1 amide bonds. The zero-order chi connectivity index (χ0) is 24.4. The fourth-order valence-corrected chi connectivity index (χ4v) is 4.21. The largest absolute Gasteiger partial charge is 0.507 e. The second-order valence-electron chi connectivity index (χ2n) is 8.44. The van der Waals surface area contributed by atoms with Gasteiger partial charge in [-0.1, -0.05) is 0 Å². The molecular weight excluding hydrogens is 426 g/mol. The van der Waals surface area contributed by atoms with Crippen molar-refractivity contribution in [2.75, 3.05) is 33.8 Å². The van der Waals surface area contributed by atoms with Crippen LogP contribution in [0.1, 0.15) is 58.2 Å². The van der Waals surface area contributed by atoms with E-state index in [1.165, 1.54) is 4.90 Å². The van der Waals surface area contributed by atoms with E-state index in [1.807, 2.05) is 19.0 Å². The topological polar surface area (TPSA) is 116 Å². The van der Waals surface area contributed by atoms with Crippen molar-refractivity contribution in [2.24, 2.45) is 0 Å². The van der Waals surface area contributed by atoms with Gasteiger partial charge in [0.1, 0.15) is 29.0 Å². The molecule has 1 aliphatic heterocycles. The summed E-state index contributed by atoms with van der Waals surface area (Å²) in [6.07, 6.45) is 0.644. The summed E-state index contributed by atoms with van der Waals surface area (Å²) in [5, 5.41) is 11.3. The molecule has 0 spiro atoms. The fraction of sp³-hybridized carbons (Fsp3) is 0.458. The highest BCUT2D eigenvalue weighted by Gasteiger charge is 2.47. The number of hydrogen-bond donors (Lipinski definition) is 2. The van der Waals surface area contributed by atoms with E-state index < -0.39 is 23.7 Å². The normalized spacial score (nSPS) is 17.9. The standard InChI is InChI=1S/C24H31N3O6/c1-7-32-24(31)19-14(3)17(15(4)25-19)21(28)18-20(16-10-9-13(2)33-16)27(23(30)22(18)29)12-8-11-26(5)6/h9-10,20,25,28H,7-8,11-12H2,1-6H3/b21-18+.